The van der Waals surface area contributed by atoms with Crippen molar-refractivity contribution in [1.82, 2.24) is 15.6 Å². The number of carboxylic acid groups (broad SMARTS) is 1. The van der Waals surface area contributed by atoms with Crippen LogP contribution in [0.4, 0.5) is 27.8 Å². The van der Waals surface area contributed by atoms with E-state index in [1.807, 2.05) is 0 Å². The fraction of sp³-hybridized carbons (Fsp3) is 0.632. The van der Waals surface area contributed by atoms with E-state index in [9.17, 15) is 26.7 Å². The number of halogens is 5. The molecule has 2 saturated heterocycles. The lowest BCUT2D eigenvalue weighted by Gasteiger charge is -2.30. The maximum atomic E-state index is 14.5. The summed E-state index contributed by atoms with van der Waals surface area (Å²) in [6.07, 6.45) is -3.13. The van der Waals surface area contributed by atoms with Crippen LogP contribution in [-0.4, -0.2) is 67.1 Å². The van der Waals surface area contributed by atoms with Gasteiger partial charge in [-0.2, -0.15) is 18.2 Å². The maximum Gasteiger partial charge on any atom is 0.490 e. The molecule has 3 rings (SSSR count). The molecule has 2 aliphatic rings. The topological polar surface area (TPSA) is 104 Å². The quantitative estimate of drug-likeness (QED) is 0.569. The number of aliphatic carboxylic acids is 1. The number of carboxylic acids is 1. The molecule has 3 N–H and O–H groups in total. The summed E-state index contributed by atoms with van der Waals surface area (Å²) in [5, 5.41) is 13.0. The minimum atomic E-state index is -5.08. The molecule has 0 spiro atoms. The predicted octanol–water partition coefficient (Wildman–Crippen LogP) is 2.17. The highest BCUT2D eigenvalue weighted by Gasteiger charge is 2.38. The van der Waals surface area contributed by atoms with Crippen LogP contribution in [0.25, 0.3) is 0 Å². The van der Waals surface area contributed by atoms with E-state index in [-0.39, 0.29) is 36.7 Å². The highest BCUT2D eigenvalue weighted by Crippen LogP contribution is 2.27. The first-order valence-electron chi connectivity index (χ1n) is 9.96. The normalized spacial score (nSPS) is 20.9. The largest absolute Gasteiger partial charge is 0.490 e. The average Bonchev–Trinajstić information content (AvgIpc) is 3.27. The van der Waals surface area contributed by atoms with Crippen LogP contribution in [0.15, 0.2) is 6.07 Å². The fourth-order valence-electron chi connectivity index (χ4n) is 3.36. The molecule has 13 heteroatoms. The van der Waals surface area contributed by atoms with Crippen LogP contribution < -0.4 is 20.3 Å². The molecule has 0 aromatic carbocycles. The van der Waals surface area contributed by atoms with Gasteiger partial charge in [0.1, 0.15) is 6.17 Å². The van der Waals surface area contributed by atoms with Crippen LogP contribution in [-0.2, 0) is 16.1 Å². The number of hydrogen-bond donors (Lipinski definition) is 3. The SMILES string of the molecule is COc1nc(N2CCCC(F)C2)c(F)cc1CNC(=O)[C@@H]1CCCN1.O=C(O)C(F)(F)F. The summed E-state index contributed by atoms with van der Waals surface area (Å²) in [5.41, 5.74) is 0.462. The zero-order valence-corrected chi connectivity index (χ0v) is 17.3. The van der Waals surface area contributed by atoms with Crippen LogP contribution in [0.5, 0.6) is 5.88 Å². The summed E-state index contributed by atoms with van der Waals surface area (Å²) in [4.78, 5) is 26.8. The van der Waals surface area contributed by atoms with Crippen LogP contribution in [0, 0.1) is 5.82 Å². The standard InChI is InChI=1S/C17H24F2N4O2.C2HF3O2/c1-25-17-11(9-21-16(24)14-5-2-6-20-14)8-13(19)15(22-17)23-7-3-4-12(18)10-23;3-2(4,5)1(6)7/h8,12,14,20H,2-7,9-10H2,1H3,(H,21,24);(H,6,7)/t12?,14-;/m0./s1. The van der Waals surface area contributed by atoms with E-state index < -0.39 is 24.1 Å². The Morgan fingerprint density at radius 2 is 2.03 bits per heavy atom. The number of anilines is 1. The molecule has 1 aromatic heterocycles. The first kappa shape index (κ1) is 25.6. The van der Waals surface area contributed by atoms with Gasteiger partial charge in [-0.1, -0.05) is 0 Å². The lowest BCUT2D eigenvalue weighted by atomic mass is 10.1. The van der Waals surface area contributed by atoms with E-state index in [1.165, 1.54) is 13.2 Å². The summed E-state index contributed by atoms with van der Waals surface area (Å²) in [6, 6.07) is 1.11. The summed E-state index contributed by atoms with van der Waals surface area (Å²) in [7, 11) is 1.45. The van der Waals surface area contributed by atoms with Gasteiger partial charge in [-0.15, -0.1) is 0 Å². The Bertz CT molecular complexity index is 803. The smallest absolute Gasteiger partial charge is 0.481 e. The van der Waals surface area contributed by atoms with Crippen molar-refractivity contribution in [3.05, 3.63) is 17.4 Å². The Morgan fingerprint density at radius 1 is 1.34 bits per heavy atom. The lowest BCUT2D eigenvalue weighted by molar-refractivity contribution is -0.192. The van der Waals surface area contributed by atoms with Crippen LogP contribution in [0.1, 0.15) is 31.2 Å². The van der Waals surface area contributed by atoms with Gasteiger partial charge in [0, 0.05) is 18.7 Å². The van der Waals surface area contributed by atoms with Crippen LogP contribution in [0.2, 0.25) is 0 Å². The molecule has 2 aliphatic heterocycles. The van der Waals surface area contributed by atoms with Crippen LogP contribution >= 0.6 is 0 Å². The van der Waals surface area contributed by atoms with E-state index in [1.54, 1.807) is 4.90 Å². The van der Waals surface area contributed by atoms with E-state index in [0.717, 1.165) is 19.4 Å². The van der Waals surface area contributed by atoms with Crippen molar-refractivity contribution in [1.29, 1.82) is 0 Å². The zero-order chi connectivity index (χ0) is 23.9. The zero-order valence-electron chi connectivity index (χ0n) is 17.3. The van der Waals surface area contributed by atoms with Gasteiger partial charge in [0.05, 0.1) is 19.7 Å². The van der Waals surface area contributed by atoms with E-state index >= 15 is 0 Å². The number of methoxy groups -OCH3 is 1. The molecule has 3 heterocycles. The average molecular weight is 468 g/mol. The van der Waals surface area contributed by atoms with E-state index in [4.69, 9.17) is 14.6 Å². The van der Waals surface area contributed by atoms with Gasteiger partial charge >= 0.3 is 12.1 Å². The third kappa shape index (κ3) is 7.18. The number of carbonyl (C=O) groups is 2. The number of piperidine rings is 1. The molecule has 2 atom stereocenters. The Hall–Kier alpha value is -2.70. The molecule has 0 aliphatic carbocycles. The van der Waals surface area contributed by atoms with Crippen molar-refractivity contribution in [3.63, 3.8) is 0 Å². The van der Waals surface area contributed by atoms with Crippen molar-refractivity contribution < 1.29 is 41.4 Å². The highest BCUT2D eigenvalue weighted by atomic mass is 19.4. The molecular formula is C19H25F5N4O4. The first-order chi connectivity index (χ1) is 15.0. The summed E-state index contributed by atoms with van der Waals surface area (Å²) in [6.45, 7) is 1.67. The lowest BCUT2D eigenvalue weighted by Crippen LogP contribution is -2.40. The molecule has 0 radical (unpaired) electrons. The van der Waals surface area contributed by atoms with Crippen LogP contribution in [0.3, 0.4) is 0 Å². The second-order valence-electron chi connectivity index (χ2n) is 7.32. The van der Waals surface area contributed by atoms with Crippen molar-refractivity contribution in [2.75, 3.05) is 31.6 Å². The molecule has 1 aromatic rings. The van der Waals surface area contributed by atoms with Gasteiger partial charge in [-0.3, -0.25) is 4.79 Å². The van der Waals surface area contributed by atoms with Gasteiger partial charge in [0.15, 0.2) is 11.6 Å². The second-order valence-corrected chi connectivity index (χ2v) is 7.32. The molecule has 0 saturated carbocycles. The number of pyridine rings is 1. The molecule has 0 bridgehead atoms. The minimum absolute atomic E-state index is 0.103. The van der Waals surface area contributed by atoms with Gasteiger partial charge in [-0.05, 0) is 38.3 Å². The van der Waals surface area contributed by atoms with Gasteiger partial charge in [-0.25, -0.2) is 13.6 Å². The minimum Gasteiger partial charge on any atom is -0.481 e. The third-order valence-electron chi connectivity index (χ3n) is 4.93. The highest BCUT2D eigenvalue weighted by molar-refractivity contribution is 5.82. The molecule has 2 fully saturated rings. The Kier molecular flexibility index (Phi) is 8.99. The van der Waals surface area contributed by atoms with Crippen molar-refractivity contribution >= 4 is 17.7 Å². The summed E-state index contributed by atoms with van der Waals surface area (Å²) >= 11 is 0. The Balaban J connectivity index is 0.000000451. The van der Waals surface area contributed by atoms with Crippen molar-refractivity contribution in [2.24, 2.45) is 0 Å². The van der Waals surface area contributed by atoms with Crippen molar-refractivity contribution in [2.45, 2.75) is 50.6 Å². The number of amides is 1. The summed E-state index contributed by atoms with van der Waals surface area (Å²) in [5.74, 6) is -3.05. The number of carbonyl (C=O) groups excluding carboxylic acids is 1. The van der Waals surface area contributed by atoms with Gasteiger partial charge < -0.3 is 25.4 Å². The van der Waals surface area contributed by atoms with Gasteiger partial charge in [0.25, 0.3) is 0 Å². The Labute approximate surface area is 181 Å². The monoisotopic (exact) mass is 468 g/mol. The maximum absolute atomic E-state index is 14.5. The van der Waals surface area contributed by atoms with E-state index in [0.29, 0.717) is 24.9 Å². The number of alkyl halides is 4. The number of nitrogens with zero attached hydrogens (tertiary/aromatic N) is 2. The second kappa shape index (κ2) is 11.2. The molecular weight excluding hydrogens is 443 g/mol. The Morgan fingerprint density at radius 3 is 2.56 bits per heavy atom. The molecule has 180 valence electrons. The third-order valence-corrected chi connectivity index (χ3v) is 4.93. The first-order valence-corrected chi connectivity index (χ1v) is 9.96. The predicted molar refractivity (Wildman–Crippen MR) is 104 cm³/mol. The van der Waals surface area contributed by atoms with Gasteiger partial charge in [0.2, 0.25) is 11.8 Å². The molecule has 8 nitrogen and oxygen atoms in total. The number of rotatable bonds is 5. The number of ether oxygens (including phenoxy) is 1. The summed E-state index contributed by atoms with van der Waals surface area (Å²) < 4.78 is 65.1. The number of aromatic nitrogens is 1. The number of hydrogen-bond acceptors (Lipinski definition) is 6. The number of nitrogens with one attached hydrogen (secondary N) is 2. The fourth-order valence-corrected chi connectivity index (χ4v) is 3.36. The molecule has 1 amide bonds. The molecule has 1 unspecified atom stereocenters. The van der Waals surface area contributed by atoms with E-state index in [2.05, 4.69) is 15.6 Å². The molecule has 32 heavy (non-hydrogen) atoms. The van der Waals surface area contributed by atoms with Crippen molar-refractivity contribution in [3.8, 4) is 5.88 Å².